The predicted molar refractivity (Wildman–Crippen MR) is 121 cm³/mol. The number of carbonyl (C=O) groups excluding carboxylic acids is 2. The number of benzene rings is 2. The van der Waals surface area contributed by atoms with Crippen LogP contribution in [-0.2, 0) is 16.0 Å². The Morgan fingerprint density at radius 2 is 1.66 bits per heavy atom. The maximum Gasteiger partial charge on any atom is 0.315 e. The fourth-order valence-corrected chi connectivity index (χ4v) is 4.57. The maximum atomic E-state index is 12.6. The lowest BCUT2D eigenvalue weighted by molar-refractivity contribution is -0.193. The minimum absolute atomic E-state index is 0.000396. The van der Waals surface area contributed by atoms with E-state index in [0.29, 0.717) is 42.4 Å². The Hall–Kier alpha value is -3.18. The van der Waals surface area contributed by atoms with Gasteiger partial charge in [0.15, 0.2) is 17.3 Å². The first-order valence-corrected chi connectivity index (χ1v) is 11.4. The van der Waals surface area contributed by atoms with Crippen LogP contribution in [0.5, 0.6) is 17.2 Å². The van der Waals surface area contributed by atoms with Gasteiger partial charge in [0.05, 0.1) is 6.61 Å². The number of rotatable bonds is 10. The summed E-state index contributed by atoms with van der Waals surface area (Å²) in [5.74, 6) is -0.896. The second kappa shape index (κ2) is 10.2. The molecule has 0 spiro atoms. The SMILES string of the molecule is CCOC(=O)C1(COc2c(-c3cccc4c3CCC4=O)ccc(OC(O)O)c2OC(O)O)CCC1. The Kier molecular flexibility index (Phi) is 7.27. The van der Waals surface area contributed by atoms with E-state index < -0.39 is 18.4 Å². The number of ether oxygens (including phenoxy) is 4. The van der Waals surface area contributed by atoms with Crippen molar-refractivity contribution in [2.45, 2.75) is 52.0 Å². The Morgan fingerprint density at radius 1 is 0.943 bits per heavy atom. The fraction of sp³-hybridized carbons (Fsp3) is 0.440. The number of ketones is 1. The molecule has 0 aliphatic heterocycles. The molecule has 0 radical (unpaired) electrons. The molecule has 35 heavy (non-hydrogen) atoms. The van der Waals surface area contributed by atoms with Gasteiger partial charge in [-0.05, 0) is 49.4 Å². The average molecular weight is 488 g/mol. The summed E-state index contributed by atoms with van der Waals surface area (Å²) in [5.41, 5.74) is 1.63. The molecule has 188 valence electrons. The highest BCUT2D eigenvalue weighted by molar-refractivity contribution is 6.02. The van der Waals surface area contributed by atoms with E-state index in [4.69, 9.17) is 18.9 Å². The van der Waals surface area contributed by atoms with Gasteiger partial charge < -0.3 is 39.4 Å². The van der Waals surface area contributed by atoms with Crippen molar-refractivity contribution in [3.63, 3.8) is 0 Å². The largest absolute Gasteiger partial charge is 0.488 e. The number of hydrogen-bond acceptors (Lipinski definition) is 10. The van der Waals surface area contributed by atoms with Crippen molar-refractivity contribution in [3.05, 3.63) is 41.5 Å². The van der Waals surface area contributed by atoms with Gasteiger partial charge in [0, 0.05) is 17.5 Å². The van der Waals surface area contributed by atoms with Crippen LogP contribution in [-0.4, -0.2) is 58.3 Å². The van der Waals surface area contributed by atoms with E-state index in [1.807, 2.05) is 0 Å². The third-order valence-corrected chi connectivity index (χ3v) is 6.41. The van der Waals surface area contributed by atoms with Crippen molar-refractivity contribution >= 4 is 11.8 Å². The van der Waals surface area contributed by atoms with Crippen LogP contribution in [0.4, 0.5) is 0 Å². The highest BCUT2D eigenvalue weighted by Gasteiger charge is 2.47. The molecule has 0 bridgehead atoms. The van der Waals surface area contributed by atoms with Gasteiger partial charge in [-0.3, -0.25) is 9.59 Å². The molecule has 0 atom stereocenters. The summed E-state index contributed by atoms with van der Waals surface area (Å²) in [5, 5.41) is 37.8. The van der Waals surface area contributed by atoms with Crippen LogP contribution < -0.4 is 14.2 Å². The molecule has 4 rings (SSSR count). The third kappa shape index (κ3) is 4.96. The normalized spacial score (nSPS) is 16.1. The van der Waals surface area contributed by atoms with E-state index in [1.54, 1.807) is 31.2 Å². The monoisotopic (exact) mass is 488 g/mol. The van der Waals surface area contributed by atoms with E-state index in [1.165, 1.54) is 6.07 Å². The highest BCUT2D eigenvalue weighted by atomic mass is 16.8. The summed E-state index contributed by atoms with van der Waals surface area (Å²) in [6.45, 7) is -2.65. The third-order valence-electron chi connectivity index (χ3n) is 6.41. The first-order valence-electron chi connectivity index (χ1n) is 11.4. The van der Waals surface area contributed by atoms with Crippen molar-refractivity contribution < 1.29 is 49.0 Å². The molecular formula is C25H28O10. The molecule has 2 aliphatic carbocycles. The zero-order valence-corrected chi connectivity index (χ0v) is 19.2. The molecule has 1 saturated carbocycles. The van der Waals surface area contributed by atoms with E-state index in [9.17, 15) is 30.0 Å². The Labute approximate surface area is 201 Å². The smallest absolute Gasteiger partial charge is 0.315 e. The molecule has 0 aromatic heterocycles. The van der Waals surface area contributed by atoms with Gasteiger partial charge in [-0.1, -0.05) is 24.6 Å². The van der Waals surface area contributed by atoms with Crippen LogP contribution >= 0.6 is 0 Å². The fourth-order valence-electron chi connectivity index (χ4n) is 4.57. The number of hydrogen-bond donors (Lipinski definition) is 4. The number of aliphatic hydroxyl groups excluding tert-OH is 2. The molecule has 2 aromatic rings. The maximum absolute atomic E-state index is 12.6. The van der Waals surface area contributed by atoms with Gasteiger partial charge >= 0.3 is 18.9 Å². The molecule has 2 aliphatic rings. The first kappa shape index (κ1) is 24.9. The lowest BCUT2D eigenvalue weighted by Gasteiger charge is -2.39. The van der Waals surface area contributed by atoms with E-state index in [2.05, 4.69) is 0 Å². The Balaban J connectivity index is 1.82. The average Bonchev–Trinajstić information content (AvgIpc) is 3.15. The molecule has 0 saturated heterocycles. The summed E-state index contributed by atoms with van der Waals surface area (Å²) < 4.78 is 21.5. The van der Waals surface area contributed by atoms with Gasteiger partial charge in [-0.25, -0.2) is 0 Å². The quantitative estimate of drug-likeness (QED) is 0.288. The van der Waals surface area contributed by atoms with Crippen LogP contribution in [0.3, 0.4) is 0 Å². The summed E-state index contributed by atoms with van der Waals surface area (Å²) in [6, 6.07) is 8.22. The number of Topliss-reactive ketones (excluding diaryl/α,β-unsaturated/α-hetero) is 1. The van der Waals surface area contributed by atoms with Crippen LogP contribution in [0.1, 0.15) is 48.5 Å². The van der Waals surface area contributed by atoms with Crippen molar-refractivity contribution in [2.75, 3.05) is 13.2 Å². The van der Waals surface area contributed by atoms with Crippen molar-refractivity contribution in [1.29, 1.82) is 0 Å². The number of fused-ring (bicyclic) bond motifs is 1. The summed E-state index contributed by atoms with van der Waals surface area (Å²) in [7, 11) is 0. The summed E-state index contributed by atoms with van der Waals surface area (Å²) in [4.78, 5) is 25.0. The van der Waals surface area contributed by atoms with Crippen LogP contribution in [0.15, 0.2) is 30.3 Å². The van der Waals surface area contributed by atoms with Crippen LogP contribution in [0, 0.1) is 5.41 Å². The molecule has 10 nitrogen and oxygen atoms in total. The van der Waals surface area contributed by atoms with E-state index in [0.717, 1.165) is 12.0 Å². The zero-order valence-electron chi connectivity index (χ0n) is 19.2. The molecule has 1 fully saturated rings. The minimum Gasteiger partial charge on any atom is -0.488 e. The van der Waals surface area contributed by atoms with E-state index in [-0.39, 0.29) is 42.2 Å². The number of esters is 1. The molecule has 0 amide bonds. The molecular weight excluding hydrogens is 460 g/mol. The van der Waals surface area contributed by atoms with Crippen molar-refractivity contribution in [2.24, 2.45) is 5.41 Å². The Morgan fingerprint density at radius 3 is 2.29 bits per heavy atom. The summed E-state index contributed by atoms with van der Waals surface area (Å²) in [6.07, 6.45) is 2.82. The second-order valence-electron chi connectivity index (χ2n) is 8.56. The molecule has 0 unspecified atom stereocenters. The van der Waals surface area contributed by atoms with Gasteiger partial charge in [0.1, 0.15) is 12.0 Å². The van der Waals surface area contributed by atoms with E-state index >= 15 is 0 Å². The predicted octanol–water partition coefficient (Wildman–Crippen LogP) is 1.89. The molecule has 4 N–H and O–H groups in total. The lowest BCUT2D eigenvalue weighted by Crippen LogP contribution is -2.44. The zero-order chi connectivity index (χ0) is 25.2. The highest BCUT2D eigenvalue weighted by Crippen LogP contribution is 2.49. The number of aliphatic hydroxyl groups is 4. The van der Waals surface area contributed by atoms with Crippen molar-refractivity contribution in [1.82, 2.24) is 0 Å². The topological polar surface area (TPSA) is 152 Å². The van der Waals surface area contributed by atoms with Gasteiger partial charge in [-0.15, -0.1) is 0 Å². The van der Waals surface area contributed by atoms with Crippen LogP contribution in [0.2, 0.25) is 0 Å². The first-order chi connectivity index (χ1) is 16.8. The Bertz CT molecular complexity index is 1100. The molecule has 10 heteroatoms. The summed E-state index contributed by atoms with van der Waals surface area (Å²) >= 11 is 0. The van der Waals surface area contributed by atoms with Gasteiger partial charge in [0.2, 0.25) is 5.75 Å². The molecule has 2 aromatic carbocycles. The molecule has 0 heterocycles. The number of carbonyl (C=O) groups is 2. The van der Waals surface area contributed by atoms with Gasteiger partial charge in [-0.2, -0.15) is 0 Å². The lowest BCUT2D eigenvalue weighted by atomic mass is 9.69. The van der Waals surface area contributed by atoms with Crippen LogP contribution in [0.25, 0.3) is 11.1 Å². The standard InChI is InChI=1S/C25H28O10/c1-2-32-22(27)25(11-4-12-25)13-33-20-17(14-5-3-6-16-15(14)7-9-18(16)26)8-10-19(34-23(28)29)21(20)35-24(30)31/h3,5-6,8,10,23-24,28-31H,2,4,7,9,11-13H2,1H3. The second-order valence-corrected chi connectivity index (χ2v) is 8.56. The van der Waals surface area contributed by atoms with Crippen molar-refractivity contribution in [3.8, 4) is 28.4 Å². The minimum atomic E-state index is -2.28. The van der Waals surface area contributed by atoms with Gasteiger partial charge in [0.25, 0.3) is 0 Å².